The van der Waals surface area contributed by atoms with Crippen molar-refractivity contribution in [3.63, 3.8) is 0 Å². The molecule has 2 unspecified atom stereocenters. The second-order valence-corrected chi connectivity index (χ2v) is 5.69. The van der Waals surface area contributed by atoms with Crippen LogP contribution in [0.5, 0.6) is 0 Å². The first-order valence-corrected chi connectivity index (χ1v) is 6.77. The molecule has 13 heavy (non-hydrogen) atoms. The maximum atomic E-state index is 11.7. The quantitative estimate of drug-likeness (QED) is 0.440. The van der Waals surface area contributed by atoms with Crippen LogP contribution in [0.3, 0.4) is 0 Å². The lowest BCUT2D eigenvalue weighted by Gasteiger charge is -2.16. The van der Waals surface area contributed by atoms with Gasteiger partial charge in [0, 0.05) is 0 Å². The zero-order valence-electron chi connectivity index (χ0n) is 6.87. The molecule has 0 aliphatic heterocycles. The van der Waals surface area contributed by atoms with E-state index in [4.69, 9.17) is 14.3 Å². The van der Waals surface area contributed by atoms with Crippen molar-refractivity contribution in [3.8, 4) is 6.07 Å². The molecule has 0 bridgehead atoms. The van der Waals surface area contributed by atoms with E-state index in [9.17, 15) is 4.57 Å². The van der Waals surface area contributed by atoms with Gasteiger partial charge in [0.2, 0.25) is 0 Å². The molecule has 4 nitrogen and oxygen atoms in total. The average Bonchev–Trinajstić information content (AvgIpc) is 2.02. The summed E-state index contributed by atoms with van der Waals surface area (Å²) in [5.74, 6) is 0. The summed E-state index contributed by atoms with van der Waals surface area (Å²) in [5.41, 5.74) is 0.0185. The number of hydrogen-bond donors (Lipinski definition) is 0. The van der Waals surface area contributed by atoms with Gasteiger partial charge in [-0.1, -0.05) is 38.4 Å². The molecule has 0 rings (SSSR count). The van der Waals surface area contributed by atoms with E-state index in [1.807, 2.05) is 0 Å². The minimum absolute atomic E-state index is 0.0185. The van der Waals surface area contributed by atoms with E-state index < -0.39 is 12.6 Å². The lowest BCUT2D eigenvalue weighted by Crippen LogP contribution is -2.01. The molecule has 2 atom stereocenters. The molecule has 0 aliphatic rings. The Morgan fingerprint density at radius 2 is 2.38 bits per heavy atom. The fourth-order valence-electron chi connectivity index (χ4n) is 0.489. The van der Waals surface area contributed by atoms with Crippen molar-refractivity contribution in [2.24, 2.45) is 0 Å². The molecule has 0 saturated heterocycles. The lowest BCUT2D eigenvalue weighted by molar-refractivity contribution is 0.233. The van der Waals surface area contributed by atoms with Gasteiger partial charge in [0.05, 0.1) is 0 Å². The summed E-state index contributed by atoms with van der Waals surface area (Å²) < 4.78 is 21.4. The average molecular weight is 333 g/mol. The molecule has 0 fully saturated rings. The molecular formula is C6H8Br2NO3P. The van der Waals surface area contributed by atoms with Crippen LogP contribution in [-0.2, 0) is 13.6 Å². The second kappa shape index (κ2) is 5.94. The molecule has 0 spiro atoms. The van der Waals surface area contributed by atoms with Gasteiger partial charge in [-0.25, -0.2) is 0 Å². The highest BCUT2D eigenvalue weighted by molar-refractivity contribution is 9.09. The first-order chi connectivity index (χ1) is 5.96. The van der Waals surface area contributed by atoms with Gasteiger partial charge in [-0.2, -0.15) is 5.26 Å². The lowest BCUT2D eigenvalue weighted by atomic mass is 10.7. The van der Waals surface area contributed by atoms with E-state index >= 15 is 0 Å². The van der Waals surface area contributed by atoms with Gasteiger partial charge >= 0.3 is 7.60 Å². The Morgan fingerprint density at radius 3 is 2.69 bits per heavy atom. The molecule has 0 amide bonds. The predicted octanol–water partition coefficient (Wildman–Crippen LogP) is 3.34. The van der Waals surface area contributed by atoms with E-state index in [1.54, 1.807) is 13.0 Å². The third kappa shape index (κ3) is 4.39. The number of nitriles is 1. The molecule has 0 aromatic carbocycles. The highest BCUT2D eigenvalue weighted by Crippen LogP contribution is 2.56. The van der Waals surface area contributed by atoms with Gasteiger partial charge < -0.3 is 0 Å². The minimum Gasteiger partial charge on any atom is -0.293 e. The van der Waals surface area contributed by atoms with Crippen LogP contribution >= 0.6 is 39.5 Å². The van der Waals surface area contributed by atoms with Crippen LogP contribution in [0, 0.1) is 11.3 Å². The van der Waals surface area contributed by atoms with Crippen LogP contribution in [0.4, 0.5) is 0 Å². The van der Waals surface area contributed by atoms with Crippen molar-refractivity contribution < 1.29 is 13.6 Å². The number of alkyl halides is 2. The molecule has 0 radical (unpaired) electrons. The van der Waals surface area contributed by atoms with E-state index in [0.29, 0.717) is 0 Å². The Balaban J connectivity index is 4.65. The molecule has 0 aromatic heterocycles. The number of nitrogens with zero attached hydrogens (tertiary/aromatic N) is 1. The molecular weight excluding hydrogens is 325 g/mol. The zero-order chi connectivity index (χ0) is 10.5. The topological polar surface area (TPSA) is 59.3 Å². The first-order valence-electron chi connectivity index (χ1n) is 3.19. The summed E-state index contributed by atoms with van der Waals surface area (Å²) in [7, 11) is -3.52. The van der Waals surface area contributed by atoms with E-state index in [1.165, 1.54) is 0 Å². The Morgan fingerprint density at radius 1 is 1.85 bits per heavy atom. The zero-order valence-corrected chi connectivity index (χ0v) is 10.9. The van der Waals surface area contributed by atoms with Crippen LogP contribution in [0.15, 0.2) is 11.9 Å². The summed E-state index contributed by atoms with van der Waals surface area (Å²) in [6.45, 7) is 4.92. The predicted molar refractivity (Wildman–Crippen MR) is 56.7 cm³/mol. The normalized spacial score (nSPS) is 17.1. The van der Waals surface area contributed by atoms with Gasteiger partial charge in [0.1, 0.15) is 21.9 Å². The second-order valence-electron chi connectivity index (χ2n) is 1.94. The molecule has 0 saturated carbocycles. The van der Waals surface area contributed by atoms with Gasteiger partial charge in [-0.15, -0.1) is 0 Å². The van der Waals surface area contributed by atoms with Gasteiger partial charge in [-0.05, 0) is 6.92 Å². The van der Waals surface area contributed by atoms with Crippen LogP contribution in [0.1, 0.15) is 6.92 Å². The Bertz CT molecular complexity index is 274. The van der Waals surface area contributed by atoms with Crippen molar-refractivity contribution >= 4 is 39.5 Å². The molecule has 0 N–H and O–H groups in total. The number of rotatable bonds is 5. The highest BCUT2D eigenvalue weighted by atomic mass is 79.9. The molecule has 0 aliphatic carbocycles. The van der Waals surface area contributed by atoms with Crippen LogP contribution in [0.2, 0.25) is 0 Å². The van der Waals surface area contributed by atoms with Crippen molar-refractivity contribution in [3.05, 3.63) is 11.9 Å². The first kappa shape index (κ1) is 13.3. The Hall–Kier alpha value is 0.340. The molecule has 0 heterocycles. The number of allylic oxidation sites excluding steroid dienone is 1. The summed E-state index contributed by atoms with van der Waals surface area (Å²) in [6, 6.07) is 1.65. The Kier molecular flexibility index (Phi) is 6.10. The maximum Gasteiger partial charge on any atom is 0.373 e. The standard InChI is InChI=1S/C6H8Br2NO3P/c1-5(3-9)13(10,11-4-7)12-6(2)8/h6H,1,4H2,2H3. The fraction of sp³-hybridized carbons (Fsp3) is 0.500. The fourth-order valence-corrected chi connectivity index (χ4v) is 2.93. The Labute approximate surface area is 93.7 Å². The van der Waals surface area contributed by atoms with Gasteiger partial charge in [0.25, 0.3) is 0 Å². The van der Waals surface area contributed by atoms with Crippen molar-refractivity contribution in [1.29, 1.82) is 5.26 Å². The molecule has 7 heteroatoms. The number of halogens is 2. The van der Waals surface area contributed by atoms with Crippen molar-refractivity contribution in [2.75, 3.05) is 5.52 Å². The van der Waals surface area contributed by atoms with Crippen LogP contribution in [-0.4, -0.2) is 10.5 Å². The van der Waals surface area contributed by atoms with E-state index in [2.05, 4.69) is 38.4 Å². The third-order valence-corrected chi connectivity index (χ3v) is 3.84. The largest absolute Gasteiger partial charge is 0.373 e. The van der Waals surface area contributed by atoms with Crippen LogP contribution < -0.4 is 0 Å². The molecule has 74 valence electrons. The summed E-state index contributed by atoms with van der Waals surface area (Å²) in [5, 5.41) is 7.82. The van der Waals surface area contributed by atoms with Gasteiger partial charge in [0.15, 0.2) is 0 Å². The van der Waals surface area contributed by atoms with Crippen molar-refractivity contribution in [2.45, 2.75) is 11.9 Å². The van der Waals surface area contributed by atoms with E-state index in [-0.39, 0.29) is 10.8 Å². The minimum atomic E-state index is -3.52. The summed E-state index contributed by atoms with van der Waals surface area (Å²) in [4.78, 5) is 0. The smallest absolute Gasteiger partial charge is 0.293 e. The van der Waals surface area contributed by atoms with Crippen LogP contribution in [0.25, 0.3) is 0 Å². The monoisotopic (exact) mass is 331 g/mol. The number of hydrogen-bond acceptors (Lipinski definition) is 4. The highest BCUT2D eigenvalue weighted by Gasteiger charge is 2.30. The summed E-state index contributed by atoms with van der Waals surface area (Å²) in [6.07, 6.45) is 0. The maximum absolute atomic E-state index is 11.7. The van der Waals surface area contributed by atoms with Crippen molar-refractivity contribution in [1.82, 2.24) is 0 Å². The molecule has 0 aromatic rings. The summed E-state index contributed by atoms with van der Waals surface area (Å²) >= 11 is 5.97. The van der Waals surface area contributed by atoms with Gasteiger partial charge in [-0.3, -0.25) is 13.6 Å². The third-order valence-electron chi connectivity index (χ3n) is 0.962. The SMILES string of the molecule is C=C(C#N)P(=O)(OCBr)OC(C)Br. The van der Waals surface area contributed by atoms with E-state index in [0.717, 1.165) is 0 Å².